The lowest BCUT2D eigenvalue weighted by molar-refractivity contribution is -0.118. The third kappa shape index (κ3) is 6.07. The average molecular weight is 459 g/mol. The summed E-state index contributed by atoms with van der Waals surface area (Å²) in [4.78, 5) is 12.3. The van der Waals surface area contributed by atoms with Crippen LogP contribution in [0.1, 0.15) is 11.1 Å². The van der Waals surface area contributed by atoms with Gasteiger partial charge in [-0.25, -0.2) is 8.42 Å². The van der Waals surface area contributed by atoms with Crippen molar-refractivity contribution in [3.05, 3.63) is 88.9 Å². The minimum Gasteiger partial charge on any atom is -0.484 e. The lowest BCUT2D eigenvalue weighted by Gasteiger charge is -2.17. The molecule has 31 heavy (non-hydrogen) atoms. The molecule has 0 bridgehead atoms. The third-order valence-corrected chi connectivity index (χ3v) is 6.67. The molecular formula is C23H23ClN2O4S. The third-order valence-electron chi connectivity index (χ3n) is 4.61. The first-order valence-electron chi connectivity index (χ1n) is 9.55. The van der Waals surface area contributed by atoms with E-state index in [-0.39, 0.29) is 24.0 Å². The SMILES string of the molecule is Cc1cc(Cl)ccc1NC(=O)COc1ccc(S(=O)(=O)N(C)Cc2ccccc2)cc1. The molecule has 0 heterocycles. The fourth-order valence-electron chi connectivity index (χ4n) is 2.92. The van der Waals surface area contributed by atoms with Crippen molar-refractivity contribution in [2.45, 2.75) is 18.4 Å². The van der Waals surface area contributed by atoms with Crippen LogP contribution in [0.25, 0.3) is 0 Å². The summed E-state index contributed by atoms with van der Waals surface area (Å²) in [5.74, 6) is 0.0670. The second-order valence-corrected chi connectivity index (χ2v) is 9.50. The lowest BCUT2D eigenvalue weighted by Crippen LogP contribution is -2.26. The van der Waals surface area contributed by atoms with Gasteiger partial charge in [0.25, 0.3) is 5.91 Å². The number of carbonyl (C=O) groups is 1. The van der Waals surface area contributed by atoms with Crippen molar-refractivity contribution >= 4 is 33.2 Å². The Hall–Kier alpha value is -2.87. The Bertz CT molecular complexity index is 1150. The van der Waals surface area contributed by atoms with Crippen LogP contribution in [0.2, 0.25) is 5.02 Å². The predicted octanol–water partition coefficient (Wildman–Crippen LogP) is 4.49. The van der Waals surface area contributed by atoms with Crippen molar-refractivity contribution in [2.75, 3.05) is 19.0 Å². The minimum absolute atomic E-state index is 0.152. The molecular weight excluding hydrogens is 436 g/mol. The highest BCUT2D eigenvalue weighted by Gasteiger charge is 2.21. The molecule has 0 fully saturated rings. The van der Waals surface area contributed by atoms with Crippen LogP contribution in [-0.4, -0.2) is 32.3 Å². The number of benzene rings is 3. The quantitative estimate of drug-likeness (QED) is 0.539. The molecule has 0 aliphatic rings. The molecule has 6 nitrogen and oxygen atoms in total. The van der Waals surface area contributed by atoms with Crippen LogP contribution in [0.4, 0.5) is 5.69 Å². The van der Waals surface area contributed by atoms with Crippen molar-refractivity contribution in [1.82, 2.24) is 4.31 Å². The second kappa shape index (κ2) is 9.96. The van der Waals surface area contributed by atoms with Gasteiger partial charge in [-0.2, -0.15) is 4.31 Å². The Labute approximate surface area is 187 Å². The number of aryl methyl sites for hydroxylation is 1. The number of sulfonamides is 1. The van der Waals surface area contributed by atoms with Gasteiger partial charge in [0.1, 0.15) is 5.75 Å². The number of hydrogen-bond acceptors (Lipinski definition) is 4. The van der Waals surface area contributed by atoms with E-state index >= 15 is 0 Å². The Morgan fingerprint density at radius 2 is 1.71 bits per heavy atom. The van der Waals surface area contributed by atoms with E-state index in [1.807, 2.05) is 37.3 Å². The highest BCUT2D eigenvalue weighted by molar-refractivity contribution is 7.89. The number of ether oxygens (including phenoxy) is 1. The predicted molar refractivity (Wildman–Crippen MR) is 122 cm³/mol. The average Bonchev–Trinajstić information content (AvgIpc) is 2.75. The maximum absolute atomic E-state index is 12.8. The summed E-state index contributed by atoms with van der Waals surface area (Å²) in [7, 11) is -2.11. The Kier molecular flexibility index (Phi) is 7.33. The maximum atomic E-state index is 12.8. The summed E-state index contributed by atoms with van der Waals surface area (Å²) in [5, 5.41) is 3.35. The maximum Gasteiger partial charge on any atom is 0.262 e. The fraction of sp³-hybridized carbons (Fsp3) is 0.174. The number of nitrogens with one attached hydrogen (secondary N) is 1. The molecule has 3 rings (SSSR count). The number of nitrogens with zero attached hydrogens (tertiary/aromatic N) is 1. The number of hydrogen-bond donors (Lipinski definition) is 1. The van der Waals surface area contributed by atoms with Gasteiger partial charge in [0, 0.05) is 24.3 Å². The smallest absolute Gasteiger partial charge is 0.262 e. The molecule has 0 radical (unpaired) electrons. The van der Waals surface area contributed by atoms with Gasteiger partial charge in [0.15, 0.2) is 6.61 Å². The zero-order valence-corrected chi connectivity index (χ0v) is 18.8. The molecule has 0 unspecified atom stereocenters. The highest BCUT2D eigenvalue weighted by atomic mass is 35.5. The summed E-state index contributed by atoms with van der Waals surface area (Å²) < 4.78 is 32.3. The zero-order chi connectivity index (χ0) is 22.4. The lowest BCUT2D eigenvalue weighted by atomic mass is 10.2. The normalized spacial score (nSPS) is 11.4. The molecule has 1 amide bonds. The van der Waals surface area contributed by atoms with Gasteiger partial charge in [-0.1, -0.05) is 41.9 Å². The first-order chi connectivity index (χ1) is 14.8. The van der Waals surface area contributed by atoms with Gasteiger partial charge in [-0.05, 0) is 60.5 Å². The molecule has 0 spiro atoms. The molecule has 0 aromatic heterocycles. The summed E-state index contributed by atoms with van der Waals surface area (Å²) >= 11 is 5.92. The largest absolute Gasteiger partial charge is 0.484 e. The van der Waals surface area contributed by atoms with E-state index in [2.05, 4.69) is 5.32 Å². The molecule has 8 heteroatoms. The summed E-state index contributed by atoms with van der Waals surface area (Å²) in [6, 6.07) is 20.5. The molecule has 1 N–H and O–H groups in total. The van der Waals surface area contributed by atoms with Crippen LogP contribution in [0.5, 0.6) is 5.75 Å². The van der Waals surface area contributed by atoms with Crippen LogP contribution < -0.4 is 10.1 Å². The van der Waals surface area contributed by atoms with E-state index in [1.54, 1.807) is 18.2 Å². The summed E-state index contributed by atoms with van der Waals surface area (Å²) in [5.41, 5.74) is 2.39. The van der Waals surface area contributed by atoms with Gasteiger partial charge < -0.3 is 10.1 Å². The number of rotatable bonds is 8. The van der Waals surface area contributed by atoms with Crippen molar-refractivity contribution < 1.29 is 17.9 Å². The fourth-order valence-corrected chi connectivity index (χ4v) is 4.30. The molecule has 3 aromatic rings. The van der Waals surface area contributed by atoms with E-state index in [0.29, 0.717) is 16.5 Å². The molecule has 3 aromatic carbocycles. The van der Waals surface area contributed by atoms with Crippen LogP contribution in [0.3, 0.4) is 0 Å². The molecule has 0 aliphatic carbocycles. The summed E-state index contributed by atoms with van der Waals surface area (Å²) in [6.45, 7) is 1.91. The van der Waals surface area contributed by atoms with E-state index in [9.17, 15) is 13.2 Å². The van der Waals surface area contributed by atoms with Gasteiger partial charge in [0.05, 0.1) is 4.90 Å². The van der Waals surface area contributed by atoms with E-state index in [0.717, 1.165) is 11.1 Å². The van der Waals surface area contributed by atoms with Crippen molar-refractivity contribution in [3.63, 3.8) is 0 Å². The van der Waals surface area contributed by atoms with Gasteiger partial charge in [-0.15, -0.1) is 0 Å². The van der Waals surface area contributed by atoms with Crippen molar-refractivity contribution in [2.24, 2.45) is 0 Å². The van der Waals surface area contributed by atoms with Crippen LogP contribution in [0, 0.1) is 6.92 Å². The van der Waals surface area contributed by atoms with Crippen molar-refractivity contribution in [3.8, 4) is 5.75 Å². The van der Waals surface area contributed by atoms with Gasteiger partial charge >= 0.3 is 0 Å². The molecule has 0 saturated heterocycles. The Morgan fingerprint density at radius 3 is 2.35 bits per heavy atom. The summed E-state index contributed by atoms with van der Waals surface area (Å²) in [6.07, 6.45) is 0. The topological polar surface area (TPSA) is 75.7 Å². The number of carbonyl (C=O) groups excluding carboxylic acids is 1. The standard InChI is InChI=1S/C23H23ClN2O4S/c1-17-14-19(24)8-13-22(17)25-23(27)16-30-20-9-11-21(12-10-20)31(28,29)26(2)15-18-6-4-3-5-7-18/h3-14H,15-16H2,1-2H3,(H,25,27). The van der Waals surface area contributed by atoms with Crippen LogP contribution >= 0.6 is 11.6 Å². The number of anilines is 1. The first-order valence-corrected chi connectivity index (χ1v) is 11.4. The second-order valence-electron chi connectivity index (χ2n) is 7.01. The zero-order valence-electron chi connectivity index (χ0n) is 17.2. The van der Waals surface area contributed by atoms with E-state index in [4.69, 9.17) is 16.3 Å². The highest BCUT2D eigenvalue weighted by Crippen LogP contribution is 2.21. The van der Waals surface area contributed by atoms with E-state index in [1.165, 1.54) is 35.6 Å². The minimum atomic E-state index is -3.65. The molecule has 0 saturated carbocycles. The van der Waals surface area contributed by atoms with Crippen LogP contribution in [-0.2, 0) is 21.4 Å². The van der Waals surface area contributed by atoms with Gasteiger partial charge in [0.2, 0.25) is 10.0 Å². The van der Waals surface area contributed by atoms with Gasteiger partial charge in [-0.3, -0.25) is 4.79 Å². The monoisotopic (exact) mass is 458 g/mol. The number of amides is 1. The number of halogens is 1. The Morgan fingerprint density at radius 1 is 1.03 bits per heavy atom. The van der Waals surface area contributed by atoms with E-state index < -0.39 is 10.0 Å². The molecule has 0 aliphatic heterocycles. The van der Waals surface area contributed by atoms with Crippen LogP contribution in [0.15, 0.2) is 77.7 Å². The molecule has 0 atom stereocenters. The first kappa shape index (κ1) is 22.8. The van der Waals surface area contributed by atoms with Crippen molar-refractivity contribution in [1.29, 1.82) is 0 Å². The Balaban J connectivity index is 1.58. The molecule has 162 valence electrons.